The minimum atomic E-state index is 0.580. The van der Waals surface area contributed by atoms with Crippen LogP contribution in [0.15, 0.2) is 24.3 Å². The molecule has 0 spiro atoms. The van der Waals surface area contributed by atoms with Gasteiger partial charge >= 0.3 is 0 Å². The van der Waals surface area contributed by atoms with E-state index >= 15 is 0 Å². The van der Waals surface area contributed by atoms with Crippen molar-refractivity contribution in [3.63, 3.8) is 0 Å². The number of aryl methyl sites for hydroxylation is 1. The first kappa shape index (κ1) is 12.5. The van der Waals surface area contributed by atoms with Gasteiger partial charge in [0.05, 0.1) is 6.61 Å². The fraction of sp³-hybridized carbons (Fsp3) is 0.455. The van der Waals surface area contributed by atoms with Crippen molar-refractivity contribution in [1.29, 1.82) is 0 Å². The molecule has 0 fully saturated rings. The molecule has 1 rings (SSSR count). The fourth-order valence-electron chi connectivity index (χ4n) is 1.01. The average Bonchev–Trinajstić information content (AvgIpc) is 2.22. The van der Waals surface area contributed by atoms with Crippen LogP contribution in [0.1, 0.15) is 31.9 Å². The van der Waals surface area contributed by atoms with E-state index < -0.39 is 0 Å². The van der Waals surface area contributed by atoms with Crippen molar-refractivity contribution in [3.05, 3.63) is 35.4 Å². The Balaban J connectivity index is 0.000000671. The molecule has 0 N–H and O–H groups in total. The molecule has 1 aromatic rings. The van der Waals surface area contributed by atoms with Gasteiger partial charge in [0.2, 0.25) is 0 Å². The molecule has 0 saturated heterocycles. The van der Waals surface area contributed by atoms with E-state index in [1.807, 2.05) is 26.0 Å². The van der Waals surface area contributed by atoms with Gasteiger partial charge in [-0.3, -0.25) is 0 Å². The Morgan fingerprint density at radius 3 is 2.38 bits per heavy atom. The molecule has 0 atom stereocenters. The lowest BCUT2D eigenvalue weighted by Crippen LogP contribution is -1.86. The predicted molar refractivity (Wildman–Crippen MR) is 60.9 cm³/mol. The quantitative estimate of drug-likeness (QED) is 0.576. The van der Waals surface area contributed by atoms with Crippen LogP contribution in [-0.2, 0) is 17.2 Å². The van der Waals surface area contributed by atoms with Crippen molar-refractivity contribution in [3.8, 4) is 0 Å². The third-order valence-corrected chi connectivity index (χ3v) is 1.76. The third kappa shape index (κ3) is 4.96. The minimum absolute atomic E-state index is 0.580. The molecule has 0 aliphatic rings. The molecule has 0 bridgehead atoms. The van der Waals surface area contributed by atoms with Crippen LogP contribution >= 0.6 is 12.9 Å². The summed E-state index contributed by atoms with van der Waals surface area (Å²) in [6.45, 7) is 6.72. The zero-order chi connectivity index (χ0) is 10.1. The summed E-state index contributed by atoms with van der Waals surface area (Å²) in [4.78, 5) is 0. The molecular weight excluding hydrogens is 180 g/mol. The fourth-order valence-corrected chi connectivity index (χ4v) is 1.16. The van der Waals surface area contributed by atoms with Gasteiger partial charge in [-0.1, -0.05) is 45.0 Å². The first-order chi connectivity index (χ1) is 6.36. The highest BCUT2D eigenvalue weighted by Gasteiger charge is 1.92. The van der Waals surface area contributed by atoms with Crippen LogP contribution in [0.25, 0.3) is 0 Å². The maximum Gasteiger partial charge on any atom is 0.0861 e. The zero-order valence-corrected chi connectivity index (χ0v) is 9.47. The Kier molecular flexibility index (Phi) is 7.85. The second kappa shape index (κ2) is 8.14. The van der Waals surface area contributed by atoms with Crippen LogP contribution in [0.2, 0.25) is 0 Å². The summed E-state index contributed by atoms with van der Waals surface area (Å²) < 4.78 is 4.72. The Labute approximate surface area is 86.7 Å². The Morgan fingerprint density at radius 2 is 1.85 bits per heavy atom. The highest BCUT2D eigenvalue weighted by Crippen LogP contribution is 2.07. The Morgan fingerprint density at radius 1 is 1.23 bits per heavy atom. The molecule has 0 aliphatic heterocycles. The molecule has 0 saturated carbocycles. The van der Waals surface area contributed by atoms with Gasteiger partial charge in [0, 0.05) is 0 Å². The van der Waals surface area contributed by atoms with Gasteiger partial charge in [-0.15, -0.1) is 0 Å². The van der Waals surface area contributed by atoms with E-state index in [0.717, 1.165) is 6.42 Å². The predicted octanol–water partition coefficient (Wildman–Crippen LogP) is 3.64. The molecule has 0 radical (unpaired) electrons. The van der Waals surface area contributed by atoms with Crippen molar-refractivity contribution in [2.24, 2.45) is 0 Å². The summed E-state index contributed by atoms with van der Waals surface area (Å²) in [7, 11) is 0. The summed E-state index contributed by atoms with van der Waals surface area (Å²) in [5, 5.41) is 0. The smallest absolute Gasteiger partial charge is 0.0861 e. The largest absolute Gasteiger partial charge is 0.314 e. The number of hydrogen-bond donors (Lipinski definition) is 1. The molecule has 0 unspecified atom stereocenters. The van der Waals surface area contributed by atoms with Crippen molar-refractivity contribution < 1.29 is 4.18 Å². The molecule has 0 aliphatic carbocycles. The Bertz CT molecular complexity index is 223. The monoisotopic (exact) mass is 198 g/mol. The first-order valence-electron chi connectivity index (χ1n) is 4.71. The van der Waals surface area contributed by atoms with Crippen LogP contribution in [0.5, 0.6) is 0 Å². The summed E-state index contributed by atoms with van der Waals surface area (Å²) in [6.07, 6.45) is 1.07. The molecular formula is C11H18OS. The molecule has 74 valence electrons. The zero-order valence-electron chi connectivity index (χ0n) is 8.58. The Hall–Kier alpha value is -0.470. The number of hydrogen-bond acceptors (Lipinski definition) is 2. The van der Waals surface area contributed by atoms with Gasteiger partial charge in [-0.2, -0.15) is 0 Å². The molecule has 1 nitrogen and oxygen atoms in total. The van der Waals surface area contributed by atoms with Crippen LogP contribution in [0.3, 0.4) is 0 Å². The summed E-state index contributed by atoms with van der Waals surface area (Å²) in [6, 6.07) is 8.33. The average molecular weight is 198 g/mol. The number of benzene rings is 1. The maximum absolute atomic E-state index is 4.72. The third-order valence-electron chi connectivity index (χ3n) is 1.63. The summed E-state index contributed by atoms with van der Waals surface area (Å²) in [5.74, 6) is 0. The molecule has 0 amide bonds. The summed E-state index contributed by atoms with van der Waals surface area (Å²) >= 11 is 3.70. The SMILES string of the molecule is CC.CCc1cccc(COS)c1. The van der Waals surface area contributed by atoms with Gasteiger partial charge in [0.15, 0.2) is 0 Å². The van der Waals surface area contributed by atoms with E-state index in [-0.39, 0.29) is 0 Å². The molecule has 2 heteroatoms. The van der Waals surface area contributed by atoms with Crippen LogP contribution in [0, 0.1) is 0 Å². The molecule has 1 aromatic carbocycles. The van der Waals surface area contributed by atoms with Gasteiger partial charge in [0.1, 0.15) is 0 Å². The first-order valence-corrected chi connectivity index (χ1v) is 5.07. The molecule has 13 heavy (non-hydrogen) atoms. The van der Waals surface area contributed by atoms with Crippen molar-refractivity contribution in [2.75, 3.05) is 0 Å². The van der Waals surface area contributed by atoms with Crippen LogP contribution in [-0.4, -0.2) is 0 Å². The minimum Gasteiger partial charge on any atom is -0.314 e. The van der Waals surface area contributed by atoms with Gasteiger partial charge < -0.3 is 4.18 Å². The lowest BCUT2D eigenvalue weighted by molar-refractivity contribution is 0.372. The number of thiol groups is 1. The second-order valence-electron chi connectivity index (χ2n) is 2.45. The maximum atomic E-state index is 4.72. The van der Waals surface area contributed by atoms with Crippen LogP contribution < -0.4 is 0 Å². The number of rotatable bonds is 3. The van der Waals surface area contributed by atoms with E-state index in [1.165, 1.54) is 11.1 Å². The van der Waals surface area contributed by atoms with E-state index in [1.54, 1.807) is 0 Å². The van der Waals surface area contributed by atoms with Crippen molar-refractivity contribution in [2.45, 2.75) is 33.8 Å². The van der Waals surface area contributed by atoms with E-state index in [4.69, 9.17) is 4.18 Å². The summed E-state index contributed by atoms with van der Waals surface area (Å²) in [5.41, 5.74) is 2.52. The lowest BCUT2D eigenvalue weighted by atomic mass is 10.1. The van der Waals surface area contributed by atoms with E-state index in [0.29, 0.717) is 6.61 Å². The van der Waals surface area contributed by atoms with Crippen LogP contribution in [0.4, 0.5) is 0 Å². The van der Waals surface area contributed by atoms with Gasteiger partial charge in [0.25, 0.3) is 0 Å². The van der Waals surface area contributed by atoms with E-state index in [2.05, 4.69) is 32.0 Å². The standard InChI is InChI=1S/C9H12OS.C2H6/c1-2-8-4-3-5-9(6-8)7-10-11;1-2/h3-6,11H,2,7H2,1H3;1-2H3. The second-order valence-corrected chi connectivity index (χ2v) is 2.71. The lowest BCUT2D eigenvalue weighted by Gasteiger charge is -2.00. The molecule has 0 heterocycles. The highest BCUT2D eigenvalue weighted by molar-refractivity contribution is 7.75. The van der Waals surface area contributed by atoms with Crippen molar-refractivity contribution in [1.82, 2.24) is 0 Å². The van der Waals surface area contributed by atoms with Crippen molar-refractivity contribution >= 4 is 12.9 Å². The van der Waals surface area contributed by atoms with E-state index in [9.17, 15) is 0 Å². The highest BCUT2D eigenvalue weighted by atomic mass is 32.1. The molecule has 0 aromatic heterocycles. The topological polar surface area (TPSA) is 9.23 Å². The normalized spacial score (nSPS) is 8.92. The van der Waals surface area contributed by atoms with Gasteiger partial charge in [-0.25, -0.2) is 0 Å². The van der Waals surface area contributed by atoms with Gasteiger partial charge in [-0.05, 0) is 30.5 Å².